The van der Waals surface area contributed by atoms with E-state index >= 15 is 0 Å². The molecule has 0 unspecified atom stereocenters. The highest BCUT2D eigenvalue weighted by molar-refractivity contribution is 5.70. The SMILES string of the molecule is C=CCC(CCc1ccc(OC)cc1)=C(CC=C)c1ccc(OC)cc1. The van der Waals surface area contributed by atoms with E-state index in [-0.39, 0.29) is 0 Å². The molecule has 0 bridgehead atoms. The second-order valence-corrected chi connectivity index (χ2v) is 6.14. The summed E-state index contributed by atoms with van der Waals surface area (Å²) in [6, 6.07) is 16.5. The van der Waals surface area contributed by atoms with Gasteiger partial charge in [-0.3, -0.25) is 0 Å². The van der Waals surface area contributed by atoms with Gasteiger partial charge in [-0.2, -0.15) is 0 Å². The monoisotopic (exact) mass is 348 g/mol. The Labute approximate surface area is 157 Å². The first kappa shape index (κ1) is 19.6. The van der Waals surface area contributed by atoms with Gasteiger partial charge in [0.15, 0.2) is 0 Å². The van der Waals surface area contributed by atoms with E-state index < -0.39 is 0 Å². The van der Waals surface area contributed by atoms with Crippen molar-refractivity contribution in [1.29, 1.82) is 0 Å². The largest absolute Gasteiger partial charge is 0.497 e. The number of ether oxygens (including phenoxy) is 2. The third-order valence-electron chi connectivity index (χ3n) is 4.48. The van der Waals surface area contributed by atoms with Crippen LogP contribution in [0.25, 0.3) is 5.57 Å². The minimum atomic E-state index is 0.845. The van der Waals surface area contributed by atoms with Gasteiger partial charge in [0.25, 0.3) is 0 Å². The lowest BCUT2D eigenvalue weighted by Crippen LogP contribution is -1.96. The number of hydrogen-bond acceptors (Lipinski definition) is 2. The zero-order valence-electron chi connectivity index (χ0n) is 15.8. The number of allylic oxidation sites excluding steroid dienone is 4. The van der Waals surface area contributed by atoms with Crippen molar-refractivity contribution in [3.63, 3.8) is 0 Å². The van der Waals surface area contributed by atoms with Crippen LogP contribution in [0.15, 0.2) is 79.4 Å². The van der Waals surface area contributed by atoms with Crippen LogP contribution in [-0.4, -0.2) is 14.2 Å². The Morgan fingerprint density at radius 3 is 1.85 bits per heavy atom. The number of benzene rings is 2. The van der Waals surface area contributed by atoms with Gasteiger partial charge in [-0.05, 0) is 66.6 Å². The maximum atomic E-state index is 5.28. The van der Waals surface area contributed by atoms with E-state index in [1.54, 1.807) is 14.2 Å². The fraction of sp³-hybridized carbons (Fsp3) is 0.250. The van der Waals surface area contributed by atoms with Crippen LogP contribution in [0.3, 0.4) is 0 Å². The van der Waals surface area contributed by atoms with Crippen molar-refractivity contribution < 1.29 is 9.47 Å². The molecule has 0 aromatic heterocycles. The maximum Gasteiger partial charge on any atom is 0.118 e. The first-order valence-electron chi connectivity index (χ1n) is 8.91. The van der Waals surface area contributed by atoms with Gasteiger partial charge in [0.2, 0.25) is 0 Å². The number of rotatable bonds is 10. The van der Waals surface area contributed by atoms with Gasteiger partial charge >= 0.3 is 0 Å². The van der Waals surface area contributed by atoms with Gasteiger partial charge in [0.05, 0.1) is 14.2 Å². The molecular formula is C24H28O2. The standard InChI is InChI=1S/C24H28O2/c1-5-7-20(12-9-19-10-15-22(25-3)16-11-19)24(8-6-2)21-13-17-23(26-4)18-14-21/h5-6,10-11,13-18H,1-2,7-9,12H2,3-4H3. The molecule has 0 saturated heterocycles. The first-order valence-corrected chi connectivity index (χ1v) is 8.91. The van der Waals surface area contributed by atoms with Crippen molar-refractivity contribution in [1.82, 2.24) is 0 Å². The summed E-state index contributed by atoms with van der Waals surface area (Å²) < 4.78 is 10.5. The summed E-state index contributed by atoms with van der Waals surface area (Å²) >= 11 is 0. The molecule has 0 atom stereocenters. The quantitative estimate of drug-likeness (QED) is 0.473. The lowest BCUT2D eigenvalue weighted by Gasteiger charge is -2.15. The van der Waals surface area contributed by atoms with Crippen LogP contribution >= 0.6 is 0 Å². The molecule has 136 valence electrons. The van der Waals surface area contributed by atoms with E-state index in [0.717, 1.165) is 37.2 Å². The molecule has 0 spiro atoms. The van der Waals surface area contributed by atoms with Crippen molar-refractivity contribution in [2.24, 2.45) is 0 Å². The molecule has 0 aliphatic rings. The van der Waals surface area contributed by atoms with Gasteiger partial charge in [0.1, 0.15) is 11.5 Å². The topological polar surface area (TPSA) is 18.5 Å². The summed E-state index contributed by atoms with van der Waals surface area (Å²) in [7, 11) is 3.38. The molecule has 0 aliphatic heterocycles. The smallest absolute Gasteiger partial charge is 0.118 e. The van der Waals surface area contributed by atoms with Crippen molar-refractivity contribution in [3.8, 4) is 11.5 Å². The Morgan fingerprint density at radius 2 is 1.35 bits per heavy atom. The first-order chi connectivity index (χ1) is 12.7. The molecule has 0 aliphatic carbocycles. The second kappa shape index (κ2) is 10.3. The molecule has 0 saturated carbocycles. The van der Waals surface area contributed by atoms with Gasteiger partial charge in [-0.15, -0.1) is 13.2 Å². The van der Waals surface area contributed by atoms with Gasteiger partial charge in [-0.25, -0.2) is 0 Å². The van der Waals surface area contributed by atoms with E-state index in [1.165, 1.54) is 22.3 Å². The minimum absolute atomic E-state index is 0.845. The van der Waals surface area contributed by atoms with Crippen molar-refractivity contribution in [3.05, 3.63) is 90.5 Å². The molecule has 0 amide bonds. The fourth-order valence-corrected chi connectivity index (χ4v) is 3.04. The van der Waals surface area contributed by atoms with Crippen LogP contribution in [0, 0.1) is 0 Å². The number of hydrogen-bond donors (Lipinski definition) is 0. The second-order valence-electron chi connectivity index (χ2n) is 6.14. The summed E-state index contributed by atoms with van der Waals surface area (Å²) in [5.74, 6) is 1.76. The predicted octanol–water partition coefficient (Wildman–Crippen LogP) is 6.24. The van der Waals surface area contributed by atoms with Gasteiger partial charge in [-0.1, -0.05) is 42.0 Å². The van der Waals surface area contributed by atoms with E-state index in [4.69, 9.17) is 9.47 Å². The Bertz CT molecular complexity index is 737. The lowest BCUT2D eigenvalue weighted by atomic mass is 9.91. The fourth-order valence-electron chi connectivity index (χ4n) is 3.04. The Balaban J connectivity index is 2.26. The van der Waals surface area contributed by atoms with Crippen LogP contribution < -0.4 is 9.47 Å². The van der Waals surface area contributed by atoms with Crippen molar-refractivity contribution >= 4 is 5.57 Å². The lowest BCUT2D eigenvalue weighted by molar-refractivity contribution is 0.414. The maximum absolute atomic E-state index is 5.28. The molecule has 2 heteroatoms. The molecule has 0 radical (unpaired) electrons. The summed E-state index contributed by atoms with van der Waals surface area (Å²) in [5, 5.41) is 0. The highest BCUT2D eigenvalue weighted by Gasteiger charge is 2.09. The van der Waals surface area contributed by atoms with Gasteiger partial charge < -0.3 is 9.47 Å². The van der Waals surface area contributed by atoms with Crippen LogP contribution in [-0.2, 0) is 6.42 Å². The Hall–Kier alpha value is -2.74. The molecule has 2 rings (SSSR count). The van der Waals surface area contributed by atoms with E-state index in [2.05, 4.69) is 37.4 Å². The van der Waals surface area contributed by atoms with Crippen molar-refractivity contribution in [2.45, 2.75) is 25.7 Å². The van der Waals surface area contributed by atoms with E-state index in [1.807, 2.05) is 36.4 Å². The zero-order valence-corrected chi connectivity index (χ0v) is 15.8. The molecular weight excluding hydrogens is 320 g/mol. The molecule has 2 nitrogen and oxygen atoms in total. The number of aryl methyl sites for hydroxylation is 1. The molecule has 0 heterocycles. The highest BCUT2D eigenvalue weighted by Crippen LogP contribution is 2.29. The molecule has 0 fully saturated rings. The van der Waals surface area contributed by atoms with Crippen LogP contribution in [0.1, 0.15) is 30.4 Å². The molecule has 26 heavy (non-hydrogen) atoms. The van der Waals surface area contributed by atoms with E-state index in [0.29, 0.717) is 0 Å². The summed E-state index contributed by atoms with van der Waals surface area (Å²) in [4.78, 5) is 0. The third-order valence-corrected chi connectivity index (χ3v) is 4.48. The molecule has 0 N–H and O–H groups in total. The molecule has 2 aromatic carbocycles. The Morgan fingerprint density at radius 1 is 0.808 bits per heavy atom. The highest BCUT2D eigenvalue weighted by atomic mass is 16.5. The van der Waals surface area contributed by atoms with Crippen LogP contribution in [0.5, 0.6) is 11.5 Å². The van der Waals surface area contributed by atoms with E-state index in [9.17, 15) is 0 Å². The van der Waals surface area contributed by atoms with Crippen LogP contribution in [0.4, 0.5) is 0 Å². The average Bonchev–Trinajstić information content (AvgIpc) is 2.70. The number of methoxy groups -OCH3 is 2. The summed E-state index contributed by atoms with van der Waals surface area (Å²) in [6.45, 7) is 7.89. The predicted molar refractivity (Wildman–Crippen MR) is 111 cm³/mol. The average molecular weight is 348 g/mol. The summed E-state index contributed by atoms with van der Waals surface area (Å²) in [6.07, 6.45) is 7.66. The minimum Gasteiger partial charge on any atom is -0.497 e. The summed E-state index contributed by atoms with van der Waals surface area (Å²) in [5.41, 5.74) is 5.26. The molecule has 2 aromatic rings. The van der Waals surface area contributed by atoms with Gasteiger partial charge in [0, 0.05) is 0 Å². The third kappa shape index (κ3) is 5.38. The normalized spacial score (nSPS) is 11.5. The van der Waals surface area contributed by atoms with Crippen LogP contribution in [0.2, 0.25) is 0 Å². The van der Waals surface area contributed by atoms with Crippen molar-refractivity contribution in [2.75, 3.05) is 14.2 Å². The Kier molecular flexibility index (Phi) is 7.75. The zero-order chi connectivity index (χ0) is 18.8.